The van der Waals surface area contributed by atoms with Gasteiger partial charge in [0.05, 0.1) is 22.7 Å². The lowest BCUT2D eigenvalue weighted by Gasteiger charge is -2.09. The van der Waals surface area contributed by atoms with Crippen LogP contribution in [0.1, 0.15) is 38.2 Å². The second-order valence-corrected chi connectivity index (χ2v) is 9.22. The Morgan fingerprint density at radius 2 is 1.86 bits per heavy atom. The smallest absolute Gasteiger partial charge is 0.341 e. The van der Waals surface area contributed by atoms with Crippen molar-refractivity contribution in [3.05, 3.63) is 75.5 Å². The Kier molecular flexibility index (Phi) is 7.56. The Hall–Kier alpha value is -3.89. The summed E-state index contributed by atoms with van der Waals surface area (Å²) in [7, 11) is 0. The zero-order valence-electron chi connectivity index (χ0n) is 19.8. The highest BCUT2D eigenvalue weighted by molar-refractivity contribution is 7.19. The summed E-state index contributed by atoms with van der Waals surface area (Å²) in [5, 5.41) is 6.20. The summed E-state index contributed by atoms with van der Waals surface area (Å²) in [6, 6.07) is 10.1. The van der Waals surface area contributed by atoms with E-state index in [9.17, 15) is 14.4 Å². The molecule has 0 aliphatic carbocycles. The molecule has 0 bridgehead atoms. The molecule has 0 atom stereocenters. The van der Waals surface area contributed by atoms with E-state index >= 15 is 0 Å². The van der Waals surface area contributed by atoms with Gasteiger partial charge in [-0.3, -0.25) is 9.59 Å². The normalized spacial score (nSPS) is 10.8. The van der Waals surface area contributed by atoms with E-state index in [1.54, 1.807) is 54.6 Å². The molecule has 11 heteroatoms. The van der Waals surface area contributed by atoms with Gasteiger partial charge in [0, 0.05) is 23.1 Å². The monoisotopic (exact) mass is 526 g/mol. The minimum Gasteiger partial charge on any atom is -0.480 e. The average molecular weight is 527 g/mol. The number of halogens is 1. The quantitative estimate of drug-likeness (QED) is 0.308. The molecule has 0 unspecified atom stereocenters. The first kappa shape index (κ1) is 25.2. The van der Waals surface area contributed by atoms with Gasteiger partial charge >= 0.3 is 5.97 Å². The Morgan fingerprint density at radius 3 is 2.58 bits per heavy atom. The third-order valence-corrected chi connectivity index (χ3v) is 6.57. The molecule has 4 rings (SSSR count). The third-order valence-electron chi connectivity index (χ3n) is 5.11. The lowest BCUT2D eigenvalue weighted by Crippen LogP contribution is -2.21. The van der Waals surface area contributed by atoms with Crippen molar-refractivity contribution in [2.24, 2.45) is 0 Å². The molecule has 3 heterocycles. The Labute approximate surface area is 216 Å². The van der Waals surface area contributed by atoms with E-state index in [0.717, 1.165) is 17.0 Å². The molecular formula is C25H23ClN4O5S. The number of carbonyl (C=O) groups is 3. The van der Waals surface area contributed by atoms with Crippen LogP contribution < -0.4 is 15.4 Å². The number of anilines is 2. The van der Waals surface area contributed by atoms with Crippen LogP contribution in [0.2, 0.25) is 5.02 Å². The molecule has 186 valence electrons. The number of thiophene rings is 1. The number of ether oxygens (including phenoxy) is 2. The van der Waals surface area contributed by atoms with Gasteiger partial charge in [-0.15, -0.1) is 11.3 Å². The third kappa shape index (κ3) is 5.50. The maximum Gasteiger partial charge on any atom is 0.341 e. The molecule has 0 aliphatic heterocycles. The molecule has 2 amide bonds. The maximum absolute atomic E-state index is 13.0. The molecule has 0 radical (unpaired) electrons. The lowest BCUT2D eigenvalue weighted by atomic mass is 10.1. The van der Waals surface area contributed by atoms with Crippen molar-refractivity contribution in [3.63, 3.8) is 0 Å². The maximum atomic E-state index is 13.0. The summed E-state index contributed by atoms with van der Waals surface area (Å²) in [4.78, 5) is 43.0. The predicted molar refractivity (Wildman–Crippen MR) is 138 cm³/mol. The molecular weight excluding hydrogens is 504 g/mol. The van der Waals surface area contributed by atoms with Gasteiger partial charge in [0.2, 0.25) is 0 Å². The van der Waals surface area contributed by atoms with Crippen LogP contribution in [0.4, 0.5) is 10.7 Å². The van der Waals surface area contributed by atoms with Crippen molar-refractivity contribution in [2.75, 3.05) is 23.8 Å². The molecule has 3 aromatic heterocycles. The highest BCUT2D eigenvalue weighted by Crippen LogP contribution is 2.34. The number of benzene rings is 1. The second kappa shape index (κ2) is 10.8. The number of esters is 1. The SMILES string of the molecule is CCOC(=O)c1c(NC(=O)COc2cccn3cc(C)nc23)sc(C(=O)Nc2ccc(Cl)cc2)c1C. The Balaban J connectivity index is 1.54. The van der Waals surface area contributed by atoms with E-state index < -0.39 is 17.8 Å². The van der Waals surface area contributed by atoms with Gasteiger partial charge in [-0.25, -0.2) is 9.78 Å². The summed E-state index contributed by atoms with van der Waals surface area (Å²) < 4.78 is 12.7. The molecule has 0 spiro atoms. The van der Waals surface area contributed by atoms with Crippen LogP contribution in [0.25, 0.3) is 5.65 Å². The van der Waals surface area contributed by atoms with Gasteiger partial charge in [0.15, 0.2) is 18.0 Å². The number of aryl methyl sites for hydroxylation is 1. The van der Waals surface area contributed by atoms with Crippen LogP contribution in [0.5, 0.6) is 5.75 Å². The van der Waals surface area contributed by atoms with Crippen molar-refractivity contribution in [2.45, 2.75) is 20.8 Å². The summed E-state index contributed by atoms with van der Waals surface area (Å²) in [6.45, 7) is 4.99. The number of aromatic nitrogens is 2. The number of carbonyl (C=O) groups excluding carboxylic acids is 3. The first-order valence-corrected chi connectivity index (χ1v) is 12.2. The highest BCUT2D eigenvalue weighted by atomic mass is 35.5. The summed E-state index contributed by atoms with van der Waals surface area (Å²) in [5.74, 6) is -1.12. The number of amides is 2. The predicted octanol–water partition coefficient (Wildman–Crippen LogP) is 5.11. The first-order valence-electron chi connectivity index (χ1n) is 11.0. The van der Waals surface area contributed by atoms with Crippen LogP contribution in [-0.2, 0) is 9.53 Å². The number of hydrogen-bond acceptors (Lipinski definition) is 7. The van der Waals surface area contributed by atoms with E-state index in [1.807, 2.05) is 19.3 Å². The zero-order valence-corrected chi connectivity index (χ0v) is 21.3. The summed E-state index contributed by atoms with van der Waals surface area (Å²) in [6.07, 6.45) is 3.68. The van der Waals surface area contributed by atoms with Crippen molar-refractivity contribution in [1.29, 1.82) is 0 Å². The molecule has 0 saturated heterocycles. The molecule has 0 aliphatic rings. The number of nitrogens with zero attached hydrogens (tertiary/aromatic N) is 2. The van der Waals surface area contributed by atoms with Gasteiger partial charge in [-0.1, -0.05) is 11.6 Å². The molecule has 9 nitrogen and oxygen atoms in total. The second-order valence-electron chi connectivity index (χ2n) is 7.76. The molecule has 2 N–H and O–H groups in total. The van der Waals surface area contributed by atoms with Gasteiger partial charge in [-0.2, -0.15) is 0 Å². The fraction of sp³-hybridized carbons (Fsp3) is 0.200. The Bertz CT molecular complexity index is 1440. The molecule has 0 fully saturated rings. The van der Waals surface area contributed by atoms with Crippen LogP contribution in [-0.4, -0.2) is 40.4 Å². The van der Waals surface area contributed by atoms with Crippen LogP contribution in [0.3, 0.4) is 0 Å². The number of nitrogens with one attached hydrogen (secondary N) is 2. The van der Waals surface area contributed by atoms with Gasteiger partial charge in [0.1, 0.15) is 5.00 Å². The zero-order chi connectivity index (χ0) is 25.8. The molecule has 36 heavy (non-hydrogen) atoms. The van der Waals surface area contributed by atoms with E-state index in [1.165, 1.54) is 0 Å². The lowest BCUT2D eigenvalue weighted by molar-refractivity contribution is -0.118. The highest BCUT2D eigenvalue weighted by Gasteiger charge is 2.27. The van der Waals surface area contributed by atoms with Crippen LogP contribution >= 0.6 is 22.9 Å². The molecule has 0 saturated carbocycles. The van der Waals surface area contributed by atoms with Crippen molar-refractivity contribution in [3.8, 4) is 5.75 Å². The number of rotatable bonds is 8. The van der Waals surface area contributed by atoms with E-state index in [2.05, 4.69) is 15.6 Å². The number of pyridine rings is 1. The largest absolute Gasteiger partial charge is 0.480 e. The average Bonchev–Trinajstić information content (AvgIpc) is 3.38. The van der Waals surface area contributed by atoms with Crippen LogP contribution in [0, 0.1) is 13.8 Å². The standard InChI is InChI=1S/C25H23ClN4O5S/c1-4-34-25(33)20-15(3)21(23(32)28-17-9-7-16(26)8-10-17)36-24(20)29-19(31)13-35-18-6-5-11-30-12-14(2)27-22(18)30/h5-12H,4,13H2,1-3H3,(H,28,32)(H,29,31). The van der Waals surface area contributed by atoms with Crippen molar-refractivity contribution in [1.82, 2.24) is 9.38 Å². The summed E-state index contributed by atoms with van der Waals surface area (Å²) in [5.41, 5.74) is 2.47. The van der Waals surface area contributed by atoms with Gasteiger partial charge in [-0.05, 0) is 62.7 Å². The van der Waals surface area contributed by atoms with Gasteiger partial charge in [0.25, 0.3) is 11.8 Å². The topological polar surface area (TPSA) is 111 Å². The minimum atomic E-state index is -0.634. The first-order chi connectivity index (χ1) is 17.3. The number of imidazole rings is 1. The fourth-order valence-corrected chi connectivity index (χ4v) is 4.75. The fourth-order valence-electron chi connectivity index (χ4n) is 3.52. The van der Waals surface area contributed by atoms with Crippen molar-refractivity contribution >= 4 is 57.1 Å². The van der Waals surface area contributed by atoms with Crippen LogP contribution in [0.15, 0.2) is 48.8 Å². The summed E-state index contributed by atoms with van der Waals surface area (Å²) >= 11 is 6.89. The van der Waals surface area contributed by atoms with Crippen molar-refractivity contribution < 1.29 is 23.9 Å². The van der Waals surface area contributed by atoms with E-state index in [0.29, 0.717) is 27.7 Å². The van der Waals surface area contributed by atoms with Gasteiger partial charge < -0.3 is 24.5 Å². The Morgan fingerprint density at radius 1 is 1.11 bits per heavy atom. The number of fused-ring (bicyclic) bond motifs is 1. The number of hydrogen-bond donors (Lipinski definition) is 2. The molecule has 4 aromatic rings. The molecule has 1 aromatic carbocycles. The van der Waals surface area contributed by atoms with E-state index in [4.69, 9.17) is 21.1 Å². The minimum absolute atomic E-state index is 0.127. The van der Waals surface area contributed by atoms with E-state index in [-0.39, 0.29) is 28.7 Å².